The molecule has 0 atom stereocenters. The quantitative estimate of drug-likeness (QED) is 0.455. The van der Waals surface area contributed by atoms with Crippen LogP contribution in [0.4, 0.5) is 0 Å². The maximum Gasteiger partial charge on any atom is 0.260 e. The number of aromatic amines is 2. The molecule has 1 fully saturated rings. The van der Waals surface area contributed by atoms with Gasteiger partial charge in [0, 0.05) is 37.1 Å². The fraction of sp³-hybridized carbons (Fsp3) is 0.240. The highest BCUT2D eigenvalue weighted by Crippen LogP contribution is 2.22. The highest BCUT2D eigenvalue weighted by atomic mass is 16.5. The van der Waals surface area contributed by atoms with Crippen molar-refractivity contribution in [2.45, 2.75) is 0 Å². The summed E-state index contributed by atoms with van der Waals surface area (Å²) in [4.78, 5) is 28.7. The second-order valence-corrected chi connectivity index (χ2v) is 7.85. The Morgan fingerprint density at radius 1 is 1.06 bits per heavy atom. The summed E-state index contributed by atoms with van der Waals surface area (Å²) in [6.07, 6.45) is 7.13. The molecule has 8 nitrogen and oxygen atoms in total. The van der Waals surface area contributed by atoms with E-state index < -0.39 is 0 Å². The fourth-order valence-corrected chi connectivity index (χ4v) is 3.79. The van der Waals surface area contributed by atoms with Gasteiger partial charge in [0.2, 0.25) is 0 Å². The largest absolute Gasteiger partial charge is 0.492 e. The van der Waals surface area contributed by atoms with E-state index in [0.717, 1.165) is 61.1 Å². The van der Waals surface area contributed by atoms with Crippen molar-refractivity contribution in [1.82, 2.24) is 24.8 Å². The summed E-state index contributed by atoms with van der Waals surface area (Å²) in [5.41, 5.74) is 4.04. The van der Waals surface area contributed by atoms with Crippen molar-refractivity contribution in [1.29, 1.82) is 0 Å². The van der Waals surface area contributed by atoms with Crippen LogP contribution in [0.5, 0.6) is 5.75 Å². The summed E-state index contributed by atoms with van der Waals surface area (Å²) >= 11 is 0. The predicted octanol–water partition coefficient (Wildman–Crippen LogP) is 3.19. The van der Waals surface area contributed by atoms with Crippen LogP contribution in [-0.4, -0.2) is 64.3 Å². The first-order chi connectivity index (χ1) is 16.2. The number of hydrogen-bond donors (Lipinski definition) is 2. The van der Waals surface area contributed by atoms with E-state index in [0.29, 0.717) is 17.6 Å². The average molecular weight is 444 g/mol. The number of fused-ring (bicyclic) bond motifs is 1. The highest BCUT2D eigenvalue weighted by molar-refractivity contribution is 5.82. The molecule has 4 heterocycles. The normalized spacial score (nSPS) is 14.8. The van der Waals surface area contributed by atoms with Crippen LogP contribution < -0.4 is 10.3 Å². The van der Waals surface area contributed by atoms with Gasteiger partial charge in [0.25, 0.3) is 5.56 Å². The molecular formula is C25H25N5O3. The number of ether oxygens (including phenoxy) is 2. The summed E-state index contributed by atoms with van der Waals surface area (Å²) in [5.74, 6) is 0.864. The van der Waals surface area contributed by atoms with E-state index >= 15 is 0 Å². The molecule has 2 N–H and O–H groups in total. The van der Waals surface area contributed by atoms with Crippen molar-refractivity contribution in [3.05, 3.63) is 76.6 Å². The maximum absolute atomic E-state index is 11.9. The van der Waals surface area contributed by atoms with Crippen LogP contribution in [-0.2, 0) is 4.74 Å². The lowest BCUT2D eigenvalue weighted by Crippen LogP contribution is -2.38. The van der Waals surface area contributed by atoms with E-state index in [1.54, 1.807) is 6.20 Å². The zero-order chi connectivity index (χ0) is 22.5. The molecule has 3 aromatic heterocycles. The van der Waals surface area contributed by atoms with E-state index in [1.165, 1.54) is 6.33 Å². The molecule has 168 valence electrons. The first kappa shape index (κ1) is 21.1. The zero-order valence-corrected chi connectivity index (χ0v) is 18.2. The molecule has 0 bridgehead atoms. The van der Waals surface area contributed by atoms with E-state index in [9.17, 15) is 4.79 Å². The summed E-state index contributed by atoms with van der Waals surface area (Å²) in [5, 5.41) is 0.536. The molecule has 0 spiro atoms. The first-order valence-corrected chi connectivity index (χ1v) is 11.0. The molecular weight excluding hydrogens is 418 g/mol. The van der Waals surface area contributed by atoms with Gasteiger partial charge < -0.3 is 19.4 Å². The van der Waals surface area contributed by atoms with Crippen molar-refractivity contribution in [3.63, 3.8) is 0 Å². The molecule has 33 heavy (non-hydrogen) atoms. The van der Waals surface area contributed by atoms with Crippen molar-refractivity contribution in [3.8, 4) is 17.0 Å². The molecule has 0 unspecified atom stereocenters. The number of benzene rings is 1. The minimum Gasteiger partial charge on any atom is -0.492 e. The lowest BCUT2D eigenvalue weighted by atomic mass is 10.1. The van der Waals surface area contributed by atoms with Gasteiger partial charge in [0.1, 0.15) is 18.0 Å². The van der Waals surface area contributed by atoms with Crippen molar-refractivity contribution >= 4 is 23.2 Å². The van der Waals surface area contributed by atoms with Gasteiger partial charge in [-0.1, -0.05) is 18.2 Å². The Kier molecular flexibility index (Phi) is 6.27. The molecule has 0 amide bonds. The Bertz CT molecular complexity index is 1300. The number of morpholine rings is 1. The highest BCUT2D eigenvalue weighted by Gasteiger charge is 2.10. The Morgan fingerprint density at radius 2 is 1.91 bits per heavy atom. The van der Waals surface area contributed by atoms with Gasteiger partial charge in [0.05, 0.1) is 30.6 Å². The van der Waals surface area contributed by atoms with Crippen molar-refractivity contribution in [2.24, 2.45) is 0 Å². The minimum atomic E-state index is -0.162. The number of H-pyrrole nitrogens is 2. The van der Waals surface area contributed by atoms with E-state index in [-0.39, 0.29) is 5.56 Å². The van der Waals surface area contributed by atoms with E-state index in [2.05, 4.69) is 24.8 Å². The summed E-state index contributed by atoms with van der Waals surface area (Å²) in [6, 6.07) is 13.7. The first-order valence-electron chi connectivity index (χ1n) is 11.0. The molecule has 0 aliphatic carbocycles. The van der Waals surface area contributed by atoms with Gasteiger partial charge in [-0.05, 0) is 42.0 Å². The Labute approximate surface area is 190 Å². The summed E-state index contributed by atoms with van der Waals surface area (Å²) in [6.45, 7) is 5.12. The topological polar surface area (TPSA) is 96.1 Å². The molecule has 4 aromatic rings. The zero-order valence-electron chi connectivity index (χ0n) is 18.2. The molecule has 8 heteroatoms. The average Bonchev–Trinajstić information content (AvgIpc) is 3.30. The lowest BCUT2D eigenvalue weighted by molar-refractivity contribution is 0.0322. The minimum absolute atomic E-state index is 0.162. The smallest absolute Gasteiger partial charge is 0.260 e. The van der Waals surface area contributed by atoms with Crippen LogP contribution in [0.2, 0.25) is 0 Å². The van der Waals surface area contributed by atoms with Crippen LogP contribution in [0, 0.1) is 0 Å². The van der Waals surface area contributed by atoms with Gasteiger partial charge in [-0.2, -0.15) is 0 Å². The Morgan fingerprint density at radius 3 is 2.73 bits per heavy atom. The number of nitrogens with one attached hydrogen (secondary N) is 2. The SMILES string of the molecule is O=c1[nH]cnc2[nH]c(-c3ccnc(C=Cc4ccc(OCCN5CCOCC5)cc4)c3)cc12. The number of aromatic nitrogens is 4. The summed E-state index contributed by atoms with van der Waals surface area (Å²) in [7, 11) is 0. The van der Waals surface area contributed by atoms with Crippen LogP contribution in [0.1, 0.15) is 11.3 Å². The molecule has 1 aliphatic rings. The van der Waals surface area contributed by atoms with Gasteiger partial charge in [-0.25, -0.2) is 4.98 Å². The van der Waals surface area contributed by atoms with Gasteiger partial charge in [0.15, 0.2) is 0 Å². The van der Waals surface area contributed by atoms with Gasteiger partial charge in [-0.3, -0.25) is 14.7 Å². The molecule has 0 saturated carbocycles. The predicted molar refractivity (Wildman–Crippen MR) is 128 cm³/mol. The number of hydrogen-bond acceptors (Lipinski definition) is 6. The number of rotatable bonds is 7. The molecule has 1 aliphatic heterocycles. The Balaban J connectivity index is 1.22. The molecule has 1 saturated heterocycles. The lowest BCUT2D eigenvalue weighted by Gasteiger charge is -2.26. The van der Waals surface area contributed by atoms with Crippen LogP contribution in [0.25, 0.3) is 34.4 Å². The fourth-order valence-electron chi connectivity index (χ4n) is 3.79. The van der Waals surface area contributed by atoms with Crippen LogP contribution in [0.15, 0.2) is 59.8 Å². The monoisotopic (exact) mass is 443 g/mol. The van der Waals surface area contributed by atoms with Crippen molar-refractivity contribution < 1.29 is 9.47 Å². The second-order valence-electron chi connectivity index (χ2n) is 7.85. The third-order valence-electron chi connectivity index (χ3n) is 5.63. The number of pyridine rings is 1. The summed E-state index contributed by atoms with van der Waals surface area (Å²) < 4.78 is 11.2. The van der Waals surface area contributed by atoms with Gasteiger partial charge >= 0.3 is 0 Å². The number of nitrogens with zero attached hydrogens (tertiary/aromatic N) is 3. The second kappa shape index (κ2) is 9.81. The Hall–Kier alpha value is -3.75. The maximum atomic E-state index is 11.9. The third kappa shape index (κ3) is 5.19. The van der Waals surface area contributed by atoms with Gasteiger partial charge in [-0.15, -0.1) is 0 Å². The van der Waals surface area contributed by atoms with E-state index in [4.69, 9.17) is 9.47 Å². The van der Waals surface area contributed by atoms with Crippen molar-refractivity contribution in [2.75, 3.05) is 39.5 Å². The molecule has 5 rings (SSSR count). The van der Waals surface area contributed by atoms with Crippen LogP contribution >= 0.6 is 0 Å². The van der Waals surface area contributed by atoms with E-state index in [1.807, 2.05) is 54.6 Å². The standard InChI is InChI=1S/C25H25N5O3/c31-25-22-16-23(29-24(22)27-17-28-25)19-7-8-26-20(15-19)4-1-18-2-5-21(6-3-18)33-14-11-30-9-12-32-13-10-30/h1-8,15-17H,9-14H2,(H2,27,28,29,31). The third-order valence-corrected chi connectivity index (χ3v) is 5.63. The van der Waals surface area contributed by atoms with Crippen LogP contribution in [0.3, 0.4) is 0 Å². The molecule has 0 radical (unpaired) electrons. The molecule has 1 aromatic carbocycles.